The Hall–Kier alpha value is -0.132. The Kier molecular flexibility index (Phi) is 8.04. The molecule has 0 aliphatic carbocycles. The van der Waals surface area contributed by atoms with Gasteiger partial charge in [0.2, 0.25) is 0 Å². The van der Waals surface area contributed by atoms with E-state index < -0.39 is 0 Å². The second-order valence-corrected chi connectivity index (χ2v) is 2.49. The molecule has 1 rings (SSSR count). The molecule has 1 aromatic carbocycles. The number of hydrogen-bond donors (Lipinski definition) is 0. The summed E-state index contributed by atoms with van der Waals surface area (Å²) in [5.41, 5.74) is 1.36. The molecule has 60 valence electrons. The Morgan fingerprint density at radius 2 is 2.00 bits per heavy atom. The van der Waals surface area contributed by atoms with E-state index in [4.69, 9.17) is 0 Å². The summed E-state index contributed by atoms with van der Waals surface area (Å²) in [5, 5.41) is 0. The third kappa shape index (κ3) is 4.34. The molecule has 2 N–H and O–H groups in total. The predicted molar refractivity (Wildman–Crippen MR) is 44.7 cm³/mol. The summed E-state index contributed by atoms with van der Waals surface area (Å²) in [5.74, 6) is 0.627. The fourth-order valence-electron chi connectivity index (χ4n) is 0.766. The molecular formula is C9H13NW. The summed E-state index contributed by atoms with van der Waals surface area (Å²) in [6, 6.07) is 11.1. The summed E-state index contributed by atoms with van der Waals surface area (Å²) in [6.07, 6.45) is 0. The van der Waals surface area contributed by atoms with Gasteiger partial charge in [0.15, 0.2) is 0 Å². The maximum atomic E-state index is 3.04. The van der Waals surface area contributed by atoms with Gasteiger partial charge in [-0.2, -0.15) is 35.9 Å². The van der Waals surface area contributed by atoms with Crippen LogP contribution in [-0.2, 0) is 21.1 Å². The summed E-state index contributed by atoms with van der Waals surface area (Å²) in [7, 11) is 0. The van der Waals surface area contributed by atoms with Crippen molar-refractivity contribution in [3.05, 3.63) is 42.0 Å². The Morgan fingerprint density at radius 1 is 1.36 bits per heavy atom. The molecule has 0 amide bonds. The number of rotatable bonds is 1. The molecule has 0 aliphatic rings. The molecule has 2 heteroatoms. The zero-order valence-corrected chi connectivity index (χ0v) is 9.81. The van der Waals surface area contributed by atoms with Crippen molar-refractivity contribution in [3.8, 4) is 0 Å². The third-order valence-electron chi connectivity index (χ3n) is 1.40. The molecule has 0 saturated carbocycles. The first-order chi connectivity index (χ1) is 4.30. The van der Waals surface area contributed by atoms with Crippen molar-refractivity contribution < 1.29 is 21.1 Å². The molecule has 0 saturated heterocycles. The molecule has 0 fully saturated rings. The fourth-order valence-corrected chi connectivity index (χ4v) is 0.766. The molecular weight excluding hydrogens is 306 g/mol. The number of benzene rings is 1. The van der Waals surface area contributed by atoms with Crippen molar-refractivity contribution in [2.45, 2.75) is 19.8 Å². The van der Waals surface area contributed by atoms with Crippen molar-refractivity contribution in [2.24, 2.45) is 0 Å². The van der Waals surface area contributed by atoms with E-state index in [-0.39, 0.29) is 27.2 Å². The van der Waals surface area contributed by atoms with Crippen LogP contribution in [0.4, 0.5) is 0 Å². The quantitative estimate of drug-likeness (QED) is 0.712. The summed E-state index contributed by atoms with van der Waals surface area (Å²) in [4.78, 5) is 0. The van der Waals surface area contributed by atoms with Gasteiger partial charge in [0.25, 0.3) is 0 Å². The van der Waals surface area contributed by atoms with Gasteiger partial charge < -0.3 is 6.15 Å². The number of nitrogens with two attached hydrogens (primary N) is 1. The molecule has 0 heterocycles. The van der Waals surface area contributed by atoms with E-state index in [1.54, 1.807) is 0 Å². The third-order valence-corrected chi connectivity index (χ3v) is 1.40. The fraction of sp³-hybridized carbons (Fsp3) is 0.333. The van der Waals surface area contributed by atoms with Gasteiger partial charge in [-0.15, -0.1) is 0 Å². The SMILES string of the molecule is CC(C)c1c[c-]ccc1.[NH2-].[W+2]. The first-order valence-corrected chi connectivity index (χ1v) is 3.26. The minimum Gasteiger partial charge on any atom is -0.693 e. The van der Waals surface area contributed by atoms with Crippen molar-refractivity contribution in [3.63, 3.8) is 0 Å². The second-order valence-electron chi connectivity index (χ2n) is 2.49. The largest absolute Gasteiger partial charge is 2.00 e. The Bertz CT molecular complexity index is 172. The van der Waals surface area contributed by atoms with Crippen LogP contribution in [0.2, 0.25) is 0 Å². The Morgan fingerprint density at radius 3 is 2.27 bits per heavy atom. The van der Waals surface area contributed by atoms with E-state index in [0.29, 0.717) is 5.92 Å². The average Bonchev–Trinajstić information content (AvgIpc) is 1.90. The smallest absolute Gasteiger partial charge is 0.693 e. The van der Waals surface area contributed by atoms with Crippen LogP contribution in [0.5, 0.6) is 0 Å². The van der Waals surface area contributed by atoms with E-state index in [2.05, 4.69) is 26.0 Å². The van der Waals surface area contributed by atoms with Gasteiger partial charge in [-0.1, -0.05) is 19.8 Å². The molecule has 11 heavy (non-hydrogen) atoms. The van der Waals surface area contributed by atoms with Crippen LogP contribution < -0.4 is 0 Å². The normalized spacial score (nSPS) is 8.27. The zero-order chi connectivity index (χ0) is 6.69. The van der Waals surface area contributed by atoms with Crippen molar-refractivity contribution in [2.75, 3.05) is 0 Å². The molecule has 0 spiro atoms. The second kappa shape index (κ2) is 6.57. The molecule has 1 aromatic rings. The first kappa shape index (κ1) is 13.5. The Balaban J connectivity index is 0. The zero-order valence-electron chi connectivity index (χ0n) is 6.87. The van der Waals surface area contributed by atoms with Crippen LogP contribution in [0.3, 0.4) is 0 Å². The molecule has 0 radical (unpaired) electrons. The predicted octanol–water partition coefficient (Wildman–Crippen LogP) is 3.32. The standard InChI is InChI=1S/C9H11.H2N.W/c1-8(2)9-6-4-3-5-7-9;;/h3-4,6-8H,1-2H3;1H2;/q2*-1;+2. The first-order valence-electron chi connectivity index (χ1n) is 3.26. The van der Waals surface area contributed by atoms with E-state index in [1.165, 1.54) is 5.56 Å². The van der Waals surface area contributed by atoms with Crippen LogP contribution in [0.15, 0.2) is 24.3 Å². The average molecular weight is 319 g/mol. The molecule has 0 aliphatic heterocycles. The maximum absolute atomic E-state index is 3.04. The summed E-state index contributed by atoms with van der Waals surface area (Å²) in [6.45, 7) is 4.37. The van der Waals surface area contributed by atoms with E-state index >= 15 is 0 Å². The van der Waals surface area contributed by atoms with Gasteiger partial charge >= 0.3 is 21.1 Å². The number of hydrogen-bond acceptors (Lipinski definition) is 0. The maximum Gasteiger partial charge on any atom is 2.00 e. The molecule has 0 bridgehead atoms. The van der Waals surface area contributed by atoms with Crippen LogP contribution in [0.25, 0.3) is 6.15 Å². The van der Waals surface area contributed by atoms with Crippen molar-refractivity contribution in [1.29, 1.82) is 0 Å². The van der Waals surface area contributed by atoms with Crippen LogP contribution >= 0.6 is 0 Å². The van der Waals surface area contributed by atoms with E-state index in [1.807, 2.05) is 18.2 Å². The van der Waals surface area contributed by atoms with E-state index in [9.17, 15) is 0 Å². The van der Waals surface area contributed by atoms with E-state index in [0.717, 1.165) is 0 Å². The minimum absolute atomic E-state index is 0. The topological polar surface area (TPSA) is 33.5 Å². The van der Waals surface area contributed by atoms with Gasteiger partial charge in [-0.05, 0) is 0 Å². The van der Waals surface area contributed by atoms with Gasteiger partial charge in [0.1, 0.15) is 0 Å². The van der Waals surface area contributed by atoms with Gasteiger partial charge in [-0.25, -0.2) is 0 Å². The van der Waals surface area contributed by atoms with Gasteiger partial charge in [-0.3, -0.25) is 0 Å². The molecule has 0 unspecified atom stereocenters. The van der Waals surface area contributed by atoms with Crippen LogP contribution in [0.1, 0.15) is 25.3 Å². The van der Waals surface area contributed by atoms with Crippen molar-refractivity contribution in [1.82, 2.24) is 0 Å². The van der Waals surface area contributed by atoms with Gasteiger partial charge in [0.05, 0.1) is 0 Å². The van der Waals surface area contributed by atoms with Crippen LogP contribution in [-0.4, -0.2) is 0 Å². The molecule has 0 aromatic heterocycles. The summed E-state index contributed by atoms with van der Waals surface area (Å²) < 4.78 is 0. The minimum atomic E-state index is 0. The van der Waals surface area contributed by atoms with Crippen molar-refractivity contribution >= 4 is 0 Å². The molecule has 0 atom stereocenters. The van der Waals surface area contributed by atoms with Crippen LogP contribution in [0, 0.1) is 6.07 Å². The Labute approximate surface area is 83.1 Å². The molecule has 1 nitrogen and oxygen atoms in total. The summed E-state index contributed by atoms with van der Waals surface area (Å²) >= 11 is 0. The van der Waals surface area contributed by atoms with Gasteiger partial charge in [0, 0.05) is 0 Å². The monoisotopic (exact) mass is 319 g/mol.